The molecule has 1 aliphatic rings. The SMILES string of the molecule is CCO[C@H]1O[C@H](CO)[C@@H](O)[C@H](O)[C@H]1NNC(C)Cc1ccccc1. The van der Waals surface area contributed by atoms with Crippen LogP contribution in [0.5, 0.6) is 0 Å². The Kier molecular flexibility index (Phi) is 7.57. The molecular formula is C17H28N2O5. The molecule has 0 bridgehead atoms. The maximum Gasteiger partial charge on any atom is 0.177 e. The summed E-state index contributed by atoms with van der Waals surface area (Å²) in [6.07, 6.45) is -3.13. The summed E-state index contributed by atoms with van der Waals surface area (Å²) in [5.41, 5.74) is 7.33. The molecule has 1 unspecified atom stereocenters. The molecule has 24 heavy (non-hydrogen) atoms. The Morgan fingerprint density at radius 1 is 1.21 bits per heavy atom. The second-order valence-electron chi connectivity index (χ2n) is 6.07. The zero-order valence-electron chi connectivity index (χ0n) is 14.1. The highest BCUT2D eigenvalue weighted by atomic mass is 16.7. The molecule has 136 valence electrons. The van der Waals surface area contributed by atoms with Crippen LogP contribution in [0.25, 0.3) is 0 Å². The molecule has 1 heterocycles. The lowest BCUT2D eigenvalue weighted by atomic mass is 9.97. The molecule has 1 fully saturated rings. The molecule has 0 spiro atoms. The van der Waals surface area contributed by atoms with Gasteiger partial charge in [0.1, 0.15) is 24.4 Å². The van der Waals surface area contributed by atoms with Crippen molar-refractivity contribution >= 4 is 0 Å². The Hall–Kier alpha value is -1.06. The molecule has 0 radical (unpaired) electrons. The molecule has 1 saturated heterocycles. The third-order valence-corrected chi connectivity index (χ3v) is 4.09. The summed E-state index contributed by atoms with van der Waals surface area (Å²) in [6, 6.07) is 9.50. The lowest BCUT2D eigenvalue weighted by molar-refractivity contribution is -0.271. The van der Waals surface area contributed by atoms with Crippen molar-refractivity contribution in [2.75, 3.05) is 13.2 Å². The highest BCUT2D eigenvalue weighted by Crippen LogP contribution is 2.21. The number of hydrazine groups is 1. The van der Waals surface area contributed by atoms with Gasteiger partial charge in [-0.25, -0.2) is 5.43 Å². The van der Waals surface area contributed by atoms with Crippen molar-refractivity contribution in [3.05, 3.63) is 35.9 Å². The smallest absolute Gasteiger partial charge is 0.177 e. The van der Waals surface area contributed by atoms with Crippen molar-refractivity contribution in [1.82, 2.24) is 10.9 Å². The Labute approximate surface area is 142 Å². The van der Waals surface area contributed by atoms with Crippen LogP contribution in [0.15, 0.2) is 30.3 Å². The highest BCUT2D eigenvalue weighted by molar-refractivity contribution is 5.15. The summed E-state index contributed by atoms with van der Waals surface area (Å²) < 4.78 is 11.0. The van der Waals surface area contributed by atoms with E-state index in [1.807, 2.05) is 32.0 Å². The Morgan fingerprint density at radius 2 is 1.92 bits per heavy atom. The quantitative estimate of drug-likeness (QED) is 0.409. The third-order valence-electron chi connectivity index (χ3n) is 4.09. The first-order chi connectivity index (χ1) is 11.6. The average molecular weight is 340 g/mol. The van der Waals surface area contributed by atoms with Crippen molar-refractivity contribution in [2.24, 2.45) is 0 Å². The summed E-state index contributed by atoms with van der Waals surface area (Å²) in [7, 11) is 0. The Balaban J connectivity index is 1.92. The van der Waals surface area contributed by atoms with E-state index in [4.69, 9.17) is 9.47 Å². The summed E-state index contributed by atoms with van der Waals surface area (Å²) >= 11 is 0. The zero-order valence-corrected chi connectivity index (χ0v) is 14.1. The van der Waals surface area contributed by atoms with Crippen molar-refractivity contribution in [2.45, 2.75) is 57.0 Å². The summed E-state index contributed by atoms with van der Waals surface area (Å²) in [4.78, 5) is 0. The molecule has 6 atom stereocenters. The molecular weight excluding hydrogens is 312 g/mol. The monoisotopic (exact) mass is 340 g/mol. The van der Waals surface area contributed by atoms with Gasteiger partial charge in [-0.05, 0) is 25.8 Å². The van der Waals surface area contributed by atoms with Gasteiger partial charge in [0.15, 0.2) is 6.29 Å². The van der Waals surface area contributed by atoms with Gasteiger partial charge in [-0.3, -0.25) is 5.43 Å². The van der Waals surface area contributed by atoms with Gasteiger partial charge in [-0.2, -0.15) is 0 Å². The maximum atomic E-state index is 10.3. The van der Waals surface area contributed by atoms with Crippen LogP contribution in [0.3, 0.4) is 0 Å². The van der Waals surface area contributed by atoms with Gasteiger partial charge < -0.3 is 24.8 Å². The lowest BCUT2D eigenvalue weighted by Crippen LogP contribution is -2.66. The van der Waals surface area contributed by atoms with E-state index in [1.54, 1.807) is 0 Å². The number of rotatable bonds is 8. The van der Waals surface area contributed by atoms with Crippen LogP contribution < -0.4 is 10.9 Å². The van der Waals surface area contributed by atoms with Crippen molar-refractivity contribution in [3.8, 4) is 0 Å². The largest absolute Gasteiger partial charge is 0.394 e. The van der Waals surface area contributed by atoms with Crippen molar-refractivity contribution in [3.63, 3.8) is 0 Å². The number of nitrogens with one attached hydrogen (secondary N) is 2. The Morgan fingerprint density at radius 3 is 2.54 bits per heavy atom. The lowest BCUT2D eigenvalue weighted by Gasteiger charge is -2.42. The zero-order chi connectivity index (χ0) is 17.5. The molecule has 7 nitrogen and oxygen atoms in total. The van der Waals surface area contributed by atoms with E-state index in [-0.39, 0.29) is 12.6 Å². The first-order valence-corrected chi connectivity index (χ1v) is 8.35. The van der Waals surface area contributed by atoms with Crippen LogP contribution in [0.2, 0.25) is 0 Å². The van der Waals surface area contributed by atoms with E-state index in [2.05, 4.69) is 23.0 Å². The number of ether oxygens (including phenoxy) is 2. The Bertz CT molecular complexity index is 475. The topological polar surface area (TPSA) is 103 Å². The minimum atomic E-state index is -1.18. The third kappa shape index (κ3) is 4.97. The summed E-state index contributed by atoms with van der Waals surface area (Å²) in [5.74, 6) is 0. The molecule has 0 saturated carbocycles. The highest BCUT2D eigenvalue weighted by Gasteiger charge is 2.44. The minimum Gasteiger partial charge on any atom is -0.394 e. The minimum absolute atomic E-state index is 0.0922. The molecule has 0 amide bonds. The first-order valence-electron chi connectivity index (χ1n) is 8.35. The van der Waals surface area contributed by atoms with Crippen LogP contribution in [-0.2, 0) is 15.9 Å². The van der Waals surface area contributed by atoms with E-state index in [1.165, 1.54) is 5.56 Å². The molecule has 2 rings (SSSR count). The fraction of sp³-hybridized carbons (Fsp3) is 0.647. The van der Waals surface area contributed by atoms with Crippen LogP contribution >= 0.6 is 0 Å². The molecule has 5 N–H and O–H groups in total. The van der Waals surface area contributed by atoms with E-state index in [0.717, 1.165) is 6.42 Å². The van der Waals surface area contributed by atoms with Crippen molar-refractivity contribution < 1.29 is 24.8 Å². The average Bonchev–Trinajstić information content (AvgIpc) is 2.58. The maximum absolute atomic E-state index is 10.3. The van der Waals surface area contributed by atoms with Crippen molar-refractivity contribution in [1.29, 1.82) is 0 Å². The number of benzene rings is 1. The molecule has 1 aromatic carbocycles. The summed E-state index contributed by atoms with van der Waals surface area (Å²) in [5, 5.41) is 29.6. The van der Waals surface area contributed by atoms with Gasteiger partial charge in [0.25, 0.3) is 0 Å². The molecule has 1 aliphatic heterocycles. The van der Waals surface area contributed by atoms with E-state index in [0.29, 0.717) is 6.61 Å². The van der Waals surface area contributed by atoms with Crippen LogP contribution in [0.1, 0.15) is 19.4 Å². The predicted octanol–water partition coefficient (Wildman–Crippen LogP) is -0.444. The van der Waals surface area contributed by atoms with Gasteiger partial charge in [0.2, 0.25) is 0 Å². The van der Waals surface area contributed by atoms with Crippen LogP contribution in [0, 0.1) is 0 Å². The molecule has 1 aromatic rings. The van der Waals surface area contributed by atoms with Gasteiger partial charge in [0.05, 0.1) is 6.61 Å². The normalized spacial score (nSPS) is 31.8. The van der Waals surface area contributed by atoms with E-state index in [9.17, 15) is 15.3 Å². The summed E-state index contributed by atoms with van der Waals surface area (Å²) in [6.45, 7) is 3.84. The number of hydrogen-bond acceptors (Lipinski definition) is 7. The molecule has 0 aliphatic carbocycles. The molecule has 0 aromatic heterocycles. The van der Waals surface area contributed by atoms with E-state index >= 15 is 0 Å². The first kappa shape index (κ1) is 19.3. The van der Waals surface area contributed by atoms with Gasteiger partial charge in [-0.1, -0.05) is 30.3 Å². The fourth-order valence-corrected chi connectivity index (χ4v) is 2.80. The number of aliphatic hydroxyl groups excluding tert-OH is 3. The van der Waals surface area contributed by atoms with Crippen LogP contribution in [0.4, 0.5) is 0 Å². The van der Waals surface area contributed by atoms with Gasteiger partial charge >= 0.3 is 0 Å². The fourth-order valence-electron chi connectivity index (χ4n) is 2.80. The van der Waals surface area contributed by atoms with Gasteiger partial charge in [-0.15, -0.1) is 0 Å². The number of aliphatic hydroxyl groups is 3. The van der Waals surface area contributed by atoms with Gasteiger partial charge in [0, 0.05) is 12.6 Å². The second-order valence-corrected chi connectivity index (χ2v) is 6.07. The number of hydrogen-bond donors (Lipinski definition) is 5. The standard InChI is InChI=1S/C17H28N2O5/c1-3-23-17-14(16(22)15(21)13(10-20)24-17)19-18-11(2)9-12-7-5-4-6-8-12/h4-8,11,13-22H,3,9-10H2,1-2H3/t11?,13-,14-,15-,16-,17+/m1/s1. The second kappa shape index (κ2) is 9.43. The van der Waals surface area contributed by atoms with E-state index < -0.39 is 30.6 Å². The predicted molar refractivity (Wildman–Crippen MR) is 89.1 cm³/mol. The molecule has 7 heteroatoms. The van der Waals surface area contributed by atoms with Crippen LogP contribution in [-0.4, -0.2) is 65.2 Å².